The van der Waals surface area contributed by atoms with Gasteiger partial charge in [-0.2, -0.15) is 0 Å². The van der Waals surface area contributed by atoms with E-state index in [-0.39, 0.29) is 5.78 Å². The molecule has 0 saturated heterocycles. The van der Waals surface area contributed by atoms with Crippen LogP contribution in [0.3, 0.4) is 0 Å². The fourth-order valence-corrected chi connectivity index (χ4v) is 1.60. The van der Waals surface area contributed by atoms with Crippen molar-refractivity contribution in [3.05, 3.63) is 53.9 Å². The van der Waals surface area contributed by atoms with Gasteiger partial charge in [0.25, 0.3) is 0 Å². The highest BCUT2D eigenvalue weighted by molar-refractivity contribution is 6.13. The fourth-order valence-electron chi connectivity index (χ4n) is 1.60. The van der Waals surface area contributed by atoms with Crippen molar-refractivity contribution in [2.75, 3.05) is 12.8 Å². The van der Waals surface area contributed by atoms with E-state index < -0.39 is 0 Å². The average molecular weight is 228 g/mol. The zero-order valence-corrected chi connectivity index (χ0v) is 9.38. The van der Waals surface area contributed by atoms with E-state index >= 15 is 0 Å². The van der Waals surface area contributed by atoms with Crippen LogP contribution in [0.1, 0.15) is 15.9 Å². The van der Waals surface area contributed by atoms with Crippen LogP contribution in [0.2, 0.25) is 0 Å². The molecule has 0 radical (unpaired) electrons. The second kappa shape index (κ2) is 4.65. The topological polar surface area (TPSA) is 65.2 Å². The number of nitrogens with zero attached hydrogens (tertiary/aromatic N) is 1. The highest BCUT2D eigenvalue weighted by Crippen LogP contribution is 2.26. The Morgan fingerprint density at radius 2 is 2.12 bits per heavy atom. The van der Waals surface area contributed by atoms with Crippen LogP contribution in [0.4, 0.5) is 5.69 Å². The minimum Gasteiger partial charge on any atom is -0.496 e. The Labute approximate surface area is 99.1 Å². The van der Waals surface area contributed by atoms with Crippen LogP contribution < -0.4 is 10.5 Å². The Morgan fingerprint density at radius 3 is 2.76 bits per heavy atom. The second-order valence-corrected chi connectivity index (χ2v) is 3.50. The zero-order chi connectivity index (χ0) is 12.3. The molecule has 2 rings (SSSR count). The van der Waals surface area contributed by atoms with Crippen LogP contribution in [0.15, 0.2) is 42.7 Å². The molecule has 2 aromatic rings. The highest BCUT2D eigenvalue weighted by atomic mass is 16.5. The maximum absolute atomic E-state index is 12.2. The lowest BCUT2D eigenvalue weighted by molar-refractivity contribution is 0.103. The summed E-state index contributed by atoms with van der Waals surface area (Å²) in [6.45, 7) is 0. The zero-order valence-electron chi connectivity index (χ0n) is 9.38. The number of methoxy groups -OCH3 is 1. The lowest BCUT2D eigenvalue weighted by Crippen LogP contribution is -2.07. The summed E-state index contributed by atoms with van der Waals surface area (Å²) >= 11 is 0. The molecule has 17 heavy (non-hydrogen) atoms. The maximum Gasteiger partial charge on any atom is 0.200 e. The number of nitrogens with two attached hydrogens (primary N) is 1. The lowest BCUT2D eigenvalue weighted by atomic mass is 10.0. The molecule has 1 aromatic carbocycles. The summed E-state index contributed by atoms with van der Waals surface area (Å²) in [7, 11) is 1.51. The smallest absolute Gasteiger partial charge is 0.200 e. The van der Waals surface area contributed by atoms with Gasteiger partial charge in [0.05, 0.1) is 12.7 Å². The van der Waals surface area contributed by atoms with E-state index in [4.69, 9.17) is 10.5 Å². The fraction of sp³-hybridized carbons (Fsp3) is 0.0769. The summed E-state index contributed by atoms with van der Waals surface area (Å²) in [5, 5.41) is 0. The van der Waals surface area contributed by atoms with E-state index in [2.05, 4.69) is 4.98 Å². The number of hydrogen-bond acceptors (Lipinski definition) is 4. The molecule has 0 aliphatic carbocycles. The van der Waals surface area contributed by atoms with Crippen molar-refractivity contribution in [2.24, 2.45) is 0 Å². The van der Waals surface area contributed by atoms with Gasteiger partial charge in [0.1, 0.15) is 5.75 Å². The molecule has 0 amide bonds. The summed E-state index contributed by atoms with van der Waals surface area (Å²) in [6.07, 6.45) is 3.12. The molecule has 4 heteroatoms. The minimum atomic E-state index is -0.187. The van der Waals surface area contributed by atoms with Crippen LogP contribution in [0, 0.1) is 0 Å². The standard InChI is InChI=1S/C13H12N2O2/c1-17-11-6-2-5-10(14)12(11)13(16)9-4-3-7-15-8-9/h2-8H,14H2,1H3. The Balaban J connectivity index is 2.51. The van der Waals surface area contributed by atoms with E-state index in [0.717, 1.165) is 0 Å². The van der Waals surface area contributed by atoms with E-state index in [1.54, 1.807) is 36.5 Å². The first-order chi connectivity index (χ1) is 8.24. The summed E-state index contributed by atoms with van der Waals surface area (Å²) in [5.74, 6) is 0.284. The Kier molecular flexibility index (Phi) is 3.05. The van der Waals surface area contributed by atoms with Crippen LogP contribution in [0.25, 0.3) is 0 Å². The van der Waals surface area contributed by atoms with Gasteiger partial charge in [0.2, 0.25) is 0 Å². The number of aromatic nitrogens is 1. The Hall–Kier alpha value is -2.36. The molecule has 0 spiro atoms. The van der Waals surface area contributed by atoms with Crippen molar-refractivity contribution in [2.45, 2.75) is 0 Å². The van der Waals surface area contributed by atoms with E-state index in [0.29, 0.717) is 22.6 Å². The van der Waals surface area contributed by atoms with Gasteiger partial charge in [-0.05, 0) is 24.3 Å². The Bertz CT molecular complexity index is 538. The first-order valence-electron chi connectivity index (χ1n) is 5.11. The quantitative estimate of drug-likeness (QED) is 0.643. The normalized spacial score (nSPS) is 9.94. The molecule has 1 heterocycles. The molecule has 0 fully saturated rings. The molecule has 0 bridgehead atoms. The van der Waals surface area contributed by atoms with Crippen LogP contribution in [-0.4, -0.2) is 17.9 Å². The number of pyridine rings is 1. The summed E-state index contributed by atoms with van der Waals surface area (Å²) in [4.78, 5) is 16.2. The van der Waals surface area contributed by atoms with Gasteiger partial charge >= 0.3 is 0 Å². The molecule has 86 valence electrons. The number of ether oxygens (including phenoxy) is 1. The average Bonchev–Trinajstić information content (AvgIpc) is 2.38. The van der Waals surface area contributed by atoms with Gasteiger partial charge in [-0.3, -0.25) is 9.78 Å². The molecule has 4 nitrogen and oxygen atoms in total. The number of benzene rings is 1. The third kappa shape index (κ3) is 2.10. The van der Waals surface area contributed by atoms with E-state index in [1.807, 2.05) is 0 Å². The van der Waals surface area contributed by atoms with Crippen molar-refractivity contribution >= 4 is 11.5 Å². The SMILES string of the molecule is COc1cccc(N)c1C(=O)c1cccnc1. The van der Waals surface area contributed by atoms with E-state index in [1.165, 1.54) is 13.3 Å². The molecule has 2 N–H and O–H groups in total. The number of hydrogen-bond donors (Lipinski definition) is 1. The number of carbonyl (C=O) groups excluding carboxylic acids is 1. The van der Waals surface area contributed by atoms with Crippen molar-refractivity contribution in [3.63, 3.8) is 0 Å². The van der Waals surface area contributed by atoms with Gasteiger partial charge in [0.15, 0.2) is 5.78 Å². The molecular weight excluding hydrogens is 216 g/mol. The second-order valence-electron chi connectivity index (χ2n) is 3.50. The van der Waals surface area contributed by atoms with Crippen LogP contribution >= 0.6 is 0 Å². The van der Waals surface area contributed by atoms with Crippen molar-refractivity contribution in [3.8, 4) is 5.75 Å². The summed E-state index contributed by atoms with van der Waals surface area (Å²) < 4.78 is 5.15. The molecule has 0 atom stereocenters. The number of ketones is 1. The molecular formula is C13H12N2O2. The van der Waals surface area contributed by atoms with Crippen LogP contribution in [0.5, 0.6) is 5.75 Å². The maximum atomic E-state index is 12.2. The first kappa shape index (κ1) is 11.1. The lowest BCUT2D eigenvalue weighted by Gasteiger charge is -2.09. The monoisotopic (exact) mass is 228 g/mol. The first-order valence-corrected chi connectivity index (χ1v) is 5.11. The predicted octanol–water partition coefficient (Wildman–Crippen LogP) is 1.90. The third-order valence-electron chi connectivity index (χ3n) is 2.43. The van der Waals surface area contributed by atoms with Crippen molar-refractivity contribution in [1.82, 2.24) is 4.98 Å². The number of carbonyl (C=O) groups is 1. The molecule has 1 aromatic heterocycles. The summed E-state index contributed by atoms with van der Waals surface area (Å²) in [6, 6.07) is 8.53. The number of nitrogen functional groups attached to an aromatic ring is 1. The van der Waals surface area contributed by atoms with Crippen molar-refractivity contribution < 1.29 is 9.53 Å². The van der Waals surface area contributed by atoms with Crippen LogP contribution in [-0.2, 0) is 0 Å². The minimum absolute atomic E-state index is 0.187. The van der Waals surface area contributed by atoms with Gasteiger partial charge < -0.3 is 10.5 Å². The molecule has 0 saturated carbocycles. The molecule has 0 aliphatic rings. The van der Waals surface area contributed by atoms with E-state index in [9.17, 15) is 4.79 Å². The number of anilines is 1. The van der Waals surface area contributed by atoms with Crippen molar-refractivity contribution in [1.29, 1.82) is 0 Å². The predicted molar refractivity (Wildman–Crippen MR) is 65.1 cm³/mol. The Morgan fingerprint density at radius 1 is 1.29 bits per heavy atom. The van der Waals surface area contributed by atoms with Gasteiger partial charge in [-0.25, -0.2) is 0 Å². The van der Waals surface area contributed by atoms with Gasteiger partial charge in [-0.1, -0.05) is 6.07 Å². The molecule has 0 unspecified atom stereocenters. The van der Waals surface area contributed by atoms with Gasteiger partial charge in [0, 0.05) is 23.6 Å². The number of rotatable bonds is 3. The summed E-state index contributed by atoms with van der Waals surface area (Å²) in [5.41, 5.74) is 7.08. The highest BCUT2D eigenvalue weighted by Gasteiger charge is 2.17. The third-order valence-corrected chi connectivity index (χ3v) is 2.43. The molecule has 0 aliphatic heterocycles. The van der Waals surface area contributed by atoms with Gasteiger partial charge in [-0.15, -0.1) is 0 Å². The largest absolute Gasteiger partial charge is 0.496 e.